The molecular formula is C10H12O2S3. The maximum atomic E-state index is 10.3. The Balaban J connectivity index is 2.24. The predicted molar refractivity (Wildman–Crippen MR) is 70.0 cm³/mol. The molecule has 1 atom stereocenters. The number of carbonyl (C=O) groups is 1. The minimum absolute atomic E-state index is 0.136. The van der Waals surface area contributed by atoms with Crippen LogP contribution in [0.5, 0.6) is 0 Å². The van der Waals surface area contributed by atoms with E-state index in [1.54, 1.807) is 11.8 Å². The lowest BCUT2D eigenvalue weighted by Gasteiger charge is -2.08. The van der Waals surface area contributed by atoms with Gasteiger partial charge in [-0.1, -0.05) is 18.2 Å². The molecule has 0 aliphatic heterocycles. The first-order chi connectivity index (χ1) is 7.18. The first-order valence-electron chi connectivity index (χ1n) is 4.38. The highest BCUT2D eigenvalue weighted by Gasteiger charge is 2.06. The first-order valence-corrected chi connectivity index (χ1v) is 6.93. The summed E-state index contributed by atoms with van der Waals surface area (Å²) in [6.07, 6.45) is 0. The minimum Gasteiger partial charge on any atom is -0.481 e. The second-order valence-corrected chi connectivity index (χ2v) is 6.07. The number of hydrogen-bond donors (Lipinski definition) is 2. The highest BCUT2D eigenvalue weighted by Crippen LogP contribution is 2.27. The van der Waals surface area contributed by atoms with Gasteiger partial charge in [-0.15, -0.1) is 23.5 Å². The van der Waals surface area contributed by atoms with Gasteiger partial charge >= 0.3 is 5.97 Å². The zero-order chi connectivity index (χ0) is 11.1. The highest BCUT2D eigenvalue weighted by molar-refractivity contribution is 8.12. The Hall–Kier alpha value is -0.260. The molecule has 1 unspecified atom stereocenters. The Kier molecular flexibility index (Phi) is 6.05. The third-order valence-electron chi connectivity index (χ3n) is 1.50. The lowest BCUT2D eigenvalue weighted by Crippen LogP contribution is -2.03. The molecule has 0 saturated carbocycles. The molecule has 0 bridgehead atoms. The molecule has 15 heavy (non-hydrogen) atoms. The van der Waals surface area contributed by atoms with E-state index in [-0.39, 0.29) is 10.3 Å². The van der Waals surface area contributed by atoms with E-state index in [1.165, 1.54) is 11.8 Å². The maximum Gasteiger partial charge on any atom is 0.313 e. The normalized spacial score (nSPS) is 12.3. The van der Waals surface area contributed by atoms with Crippen molar-refractivity contribution < 1.29 is 9.90 Å². The van der Waals surface area contributed by atoms with Crippen molar-refractivity contribution in [2.24, 2.45) is 0 Å². The van der Waals surface area contributed by atoms with Crippen LogP contribution in [0.25, 0.3) is 0 Å². The van der Waals surface area contributed by atoms with Crippen molar-refractivity contribution in [3.05, 3.63) is 30.3 Å². The average molecular weight is 260 g/mol. The molecule has 0 aliphatic carbocycles. The van der Waals surface area contributed by atoms with Crippen LogP contribution < -0.4 is 0 Å². The van der Waals surface area contributed by atoms with Crippen LogP contribution in [-0.4, -0.2) is 27.2 Å². The molecule has 0 amide bonds. The lowest BCUT2D eigenvalue weighted by atomic mass is 10.4. The van der Waals surface area contributed by atoms with Crippen LogP contribution in [0.4, 0.5) is 0 Å². The predicted octanol–water partition coefficient (Wildman–Crippen LogP) is 2.85. The quantitative estimate of drug-likeness (QED) is 0.468. The second-order valence-electron chi connectivity index (χ2n) is 2.79. The third-order valence-corrected chi connectivity index (χ3v) is 4.46. The van der Waals surface area contributed by atoms with E-state index < -0.39 is 5.97 Å². The minimum atomic E-state index is -0.773. The molecule has 0 aromatic heterocycles. The Morgan fingerprint density at radius 1 is 1.40 bits per heavy atom. The Morgan fingerprint density at radius 2 is 2.07 bits per heavy atom. The zero-order valence-electron chi connectivity index (χ0n) is 8.00. The fourth-order valence-corrected chi connectivity index (χ4v) is 3.30. The van der Waals surface area contributed by atoms with Gasteiger partial charge in [-0.25, -0.2) is 0 Å². The summed E-state index contributed by atoms with van der Waals surface area (Å²) >= 11 is 7.43. The summed E-state index contributed by atoms with van der Waals surface area (Å²) in [7, 11) is 0. The van der Waals surface area contributed by atoms with Gasteiger partial charge in [0.2, 0.25) is 0 Å². The number of rotatable bonds is 6. The fourth-order valence-electron chi connectivity index (χ4n) is 0.937. The van der Waals surface area contributed by atoms with Gasteiger partial charge in [-0.2, -0.15) is 12.6 Å². The molecule has 0 saturated heterocycles. The van der Waals surface area contributed by atoms with Gasteiger partial charge < -0.3 is 5.11 Å². The molecule has 1 aromatic carbocycles. The molecular weight excluding hydrogens is 248 g/mol. The van der Waals surface area contributed by atoms with Crippen LogP contribution in [-0.2, 0) is 4.79 Å². The van der Waals surface area contributed by atoms with E-state index in [2.05, 4.69) is 12.6 Å². The third kappa shape index (κ3) is 6.02. The van der Waals surface area contributed by atoms with E-state index in [1.807, 2.05) is 30.3 Å². The van der Waals surface area contributed by atoms with E-state index in [0.29, 0.717) is 0 Å². The summed E-state index contributed by atoms with van der Waals surface area (Å²) in [5.74, 6) is 0.103. The number of thioether (sulfide) groups is 2. The topological polar surface area (TPSA) is 37.3 Å². The van der Waals surface area contributed by atoms with Gasteiger partial charge in [0, 0.05) is 10.6 Å². The van der Waals surface area contributed by atoms with Crippen LogP contribution in [0.3, 0.4) is 0 Å². The van der Waals surface area contributed by atoms with Crippen molar-refractivity contribution >= 4 is 42.1 Å². The average Bonchev–Trinajstić information content (AvgIpc) is 2.18. The smallest absolute Gasteiger partial charge is 0.313 e. The highest BCUT2D eigenvalue weighted by atomic mass is 32.2. The fraction of sp³-hybridized carbons (Fsp3) is 0.300. The number of thiol groups is 1. The van der Waals surface area contributed by atoms with Crippen molar-refractivity contribution in [1.82, 2.24) is 0 Å². The maximum absolute atomic E-state index is 10.3. The molecule has 0 aliphatic rings. The number of carboxylic acid groups (broad SMARTS) is 1. The van der Waals surface area contributed by atoms with E-state index in [0.717, 1.165) is 10.6 Å². The molecule has 1 aromatic rings. The van der Waals surface area contributed by atoms with Crippen LogP contribution in [0.15, 0.2) is 35.2 Å². The number of hydrogen-bond acceptors (Lipinski definition) is 4. The standard InChI is InChI=1S/C10H12O2S3/c11-9(12)6-14-7-10(13)15-8-4-2-1-3-5-8/h1-5,10,13H,6-7H2,(H,11,12). The lowest BCUT2D eigenvalue weighted by molar-refractivity contribution is -0.133. The van der Waals surface area contributed by atoms with Crippen molar-refractivity contribution in [2.75, 3.05) is 11.5 Å². The first kappa shape index (κ1) is 12.8. The Morgan fingerprint density at radius 3 is 2.67 bits per heavy atom. The number of carboxylic acids is 1. The summed E-state index contributed by atoms with van der Waals surface area (Å²) in [6.45, 7) is 0. The summed E-state index contributed by atoms with van der Waals surface area (Å²) in [5.41, 5.74) is 0. The largest absolute Gasteiger partial charge is 0.481 e. The van der Waals surface area contributed by atoms with E-state index >= 15 is 0 Å². The van der Waals surface area contributed by atoms with Gasteiger partial charge in [0.25, 0.3) is 0 Å². The summed E-state index contributed by atoms with van der Waals surface area (Å²) in [5, 5.41) is 8.46. The number of aliphatic carboxylic acids is 1. The van der Waals surface area contributed by atoms with Crippen LogP contribution in [0.2, 0.25) is 0 Å². The Bertz CT molecular complexity index is 303. The van der Waals surface area contributed by atoms with Crippen molar-refractivity contribution in [3.63, 3.8) is 0 Å². The van der Waals surface area contributed by atoms with Crippen LogP contribution in [0, 0.1) is 0 Å². The van der Waals surface area contributed by atoms with E-state index in [4.69, 9.17) is 5.11 Å². The molecule has 82 valence electrons. The van der Waals surface area contributed by atoms with Crippen molar-refractivity contribution in [1.29, 1.82) is 0 Å². The van der Waals surface area contributed by atoms with Gasteiger partial charge in [0.05, 0.1) is 10.3 Å². The summed E-state index contributed by atoms with van der Waals surface area (Å²) < 4.78 is 0.136. The van der Waals surface area contributed by atoms with Gasteiger partial charge in [-0.05, 0) is 12.1 Å². The molecule has 0 radical (unpaired) electrons. The van der Waals surface area contributed by atoms with Crippen LogP contribution >= 0.6 is 36.2 Å². The molecule has 1 N–H and O–H groups in total. The van der Waals surface area contributed by atoms with Gasteiger partial charge in [-0.3, -0.25) is 4.79 Å². The Labute approximate surface area is 103 Å². The van der Waals surface area contributed by atoms with Gasteiger partial charge in [0.1, 0.15) is 0 Å². The monoisotopic (exact) mass is 260 g/mol. The van der Waals surface area contributed by atoms with Crippen molar-refractivity contribution in [2.45, 2.75) is 9.48 Å². The molecule has 0 spiro atoms. The second kappa shape index (κ2) is 7.09. The summed E-state index contributed by atoms with van der Waals surface area (Å²) in [6, 6.07) is 9.97. The molecule has 2 nitrogen and oxygen atoms in total. The molecule has 1 rings (SSSR count). The number of benzene rings is 1. The molecule has 5 heteroatoms. The SMILES string of the molecule is O=C(O)CSCC(S)Sc1ccccc1. The van der Waals surface area contributed by atoms with Crippen LogP contribution in [0.1, 0.15) is 0 Å². The van der Waals surface area contributed by atoms with E-state index in [9.17, 15) is 4.79 Å². The molecule has 0 fully saturated rings. The van der Waals surface area contributed by atoms with Gasteiger partial charge in [0.15, 0.2) is 0 Å². The van der Waals surface area contributed by atoms with Crippen molar-refractivity contribution in [3.8, 4) is 0 Å². The molecule has 0 heterocycles. The zero-order valence-corrected chi connectivity index (χ0v) is 10.5. The summed E-state index contributed by atoms with van der Waals surface area (Å²) in [4.78, 5) is 11.4.